The maximum Gasteiger partial charge on any atom is 0.152 e. The molecule has 1 aromatic heterocycles. The van der Waals surface area contributed by atoms with Crippen molar-refractivity contribution in [2.45, 2.75) is 0 Å². The number of fused-ring (bicyclic) bond motifs is 1. The summed E-state index contributed by atoms with van der Waals surface area (Å²) in [4.78, 5) is 14.2. The smallest absolute Gasteiger partial charge is 0.152 e. The molecule has 0 saturated heterocycles. The number of aromatic nitrogens is 1. The minimum absolute atomic E-state index is 0.0134. The van der Waals surface area contributed by atoms with Crippen LogP contribution in [-0.2, 0) is 0 Å². The SMILES string of the molecule is O=Cc1c(-c2cc(F)ccc2F)[nH]c2ccc(Cl)cc12. The van der Waals surface area contributed by atoms with Gasteiger partial charge in [0, 0.05) is 27.1 Å². The Labute approximate surface area is 118 Å². The summed E-state index contributed by atoms with van der Waals surface area (Å²) in [5, 5.41) is 1.04. The fraction of sp³-hybridized carbons (Fsp3) is 0. The number of aromatic amines is 1. The number of rotatable bonds is 2. The molecule has 5 heteroatoms. The van der Waals surface area contributed by atoms with Crippen LogP contribution in [0.5, 0.6) is 0 Å². The van der Waals surface area contributed by atoms with Gasteiger partial charge in [-0.1, -0.05) is 11.6 Å². The van der Waals surface area contributed by atoms with Crippen molar-refractivity contribution in [3.8, 4) is 11.3 Å². The number of benzene rings is 2. The Morgan fingerprint density at radius 3 is 2.65 bits per heavy atom. The molecule has 1 heterocycles. The van der Waals surface area contributed by atoms with Gasteiger partial charge < -0.3 is 4.98 Å². The Bertz CT molecular complexity index is 826. The number of nitrogens with one attached hydrogen (secondary N) is 1. The lowest BCUT2D eigenvalue weighted by Crippen LogP contribution is -1.90. The average Bonchev–Trinajstić information content (AvgIpc) is 2.79. The van der Waals surface area contributed by atoms with E-state index in [1.54, 1.807) is 18.2 Å². The van der Waals surface area contributed by atoms with Crippen LogP contribution in [0.2, 0.25) is 5.02 Å². The van der Waals surface area contributed by atoms with E-state index in [2.05, 4.69) is 4.98 Å². The predicted octanol–water partition coefficient (Wildman–Crippen LogP) is 4.58. The molecule has 0 spiro atoms. The van der Waals surface area contributed by atoms with Crippen molar-refractivity contribution in [2.24, 2.45) is 0 Å². The van der Waals surface area contributed by atoms with Crippen molar-refractivity contribution in [1.29, 1.82) is 0 Å². The zero-order chi connectivity index (χ0) is 14.3. The summed E-state index contributed by atoms with van der Waals surface area (Å²) in [6, 6.07) is 8.05. The van der Waals surface area contributed by atoms with Crippen LogP contribution in [0.15, 0.2) is 36.4 Å². The number of H-pyrrole nitrogens is 1. The summed E-state index contributed by atoms with van der Waals surface area (Å²) in [5.74, 6) is -1.18. The van der Waals surface area contributed by atoms with E-state index in [0.29, 0.717) is 22.2 Å². The molecule has 2 nitrogen and oxygen atoms in total. The summed E-state index contributed by atoms with van der Waals surface area (Å²) < 4.78 is 27.1. The van der Waals surface area contributed by atoms with E-state index in [4.69, 9.17) is 11.6 Å². The zero-order valence-electron chi connectivity index (χ0n) is 10.1. The number of carbonyl (C=O) groups excluding carboxylic acids is 1. The normalized spacial score (nSPS) is 10.9. The fourth-order valence-corrected chi connectivity index (χ4v) is 2.38. The van der Waals surface area contributed by atoms with Crippen molar-refractivity contribution in [2.75, 3.05) is 0 Å². The highest BCUT2D eigenvalue weighted by Crippen LogP contribution is 2.32. The second-order valence-electron chi connectivity index (χ2n) is 4.35. The lowest BCUT2D eigenvalue weighted by atomic mass is 10.1. The van der Waals surface area contributed by atoms with E-state index < -0.39 is 11.6 Å². The summed E-state index contributed by atoms with van der Waals surface area (Å²) >= 11 is 5.90. The molecule has 0 unspecified atom stereocenters. The van der Waals surface area contributed by atoms with Crippen molar-refractivity contribution >= 4 is 28.8 Å². The van der Waals surface area contributed by atoms with Crippen LogP contribution in [0.1, 0.15) is 10.4 Å². The largest absolute Gasteiger partial charge is 0.354 e. The average molecular weight is 292 g/mol. The van der Waals surface area contributed by atoms with Crippen LogP contribution >= 0.6 is 11.6 Å². The van der Waals surface area contributed by atoms with Crippen LogP contribution in [-0.4, -0.2) is 11.3 Å². The number of carbonyl (C=O) groups is 1. The second kappa shape index (κ2) is 4.72. The molecule has 1 N–H and O–H groups in total. The highest BCUT2D eigenvalue weighted by Gasteiger charge is 2.16. The maximum atomic E-state index is 13.9. The van der Waals surface area contributed by atoms with Gasteiger partial charge in [0.1, 0.15) is 11.6 Å². The lowest BCUT2D eigenvalue weighted by Gasteiger charge is -2.02. The summed E-state index contributed by atoms with van der Waals surface area (Å²) in [7, 11) is 0. The minimum Gasteiger partial charge on any atom is -0.354 e. The third-order valence-electron chi connectivity index (χ3n) is 3.12. The topological polar surface area (TPSA) is 32.9 Å². The van der Waals surface area contributed by atoms with Crippen LogP contribution in [0.4, 0.5) is 8.78 Å². The Balaban J connectivity index is 2.36. The van der Waals surface area contributed by atoms with Gasteiger partial charge in [-0.05, 0) is 36.4 Å². The molecule has 3 aromatic rings. The van der Waals surface area contributed by atoms with E-state index in [1.165, 1.54) is 0 Å². The highest BCUT2D eigenvalue weighted by atomic mass is 35.5. The van der Waals surface area contributed by atoms with Crippen LogP contribution < -0.4 is 0 Å². The van der Waals surface area contributed by atoms with Gasteiger partial charge in [0.05, 0.1) is 5.69 Å². The first-order valence-corrected chi connectivity index (χ1v) is 6.20. The minimum atomic E-state index is -0.604. The van der Waals surface area contributed by atoms with E-state index >= 15 is 0 Å². The third-order valence-corrected chi connectivity index (χ3v) is 3.35. The first-order valence-electron chi connectivity index (χ1n) is 5.82. The predicted molar refractivity (Wildman–Crippen MR) is 74.0 cm³/mol. The number of hydrogen-bond acceptors (Lipinski definition) is 1. The van der Waals surface area contributed by atoms with Gasteiger partial charge in [-0.15, -0.1) is 0 Å². The Morgan fingerprint density at radius 1 is 1.10 bits per heavy atom. The molecule has 0 aliphatic rings. The molecule has 0 atom stereocenters. The van der Waals surface area contributed by atoms with Gasteiger partial charge in [-0.3, -0.25) is 4.79 Å². The zero-order valence-corrected chi connectivity index (χ0v) is 10.8. The summed E-state index contributed by atoms with van der Waals surface area (Å²) in [6.45, 7) is 0. The van der Waals surface area contributed by atoms with E-state index in [0.717, 1.165) is 18.2 Å². The van der Waals surface area contributed by atoms with Gasteiger partial charge in [0.25, 0.3) is 0 Å². The van der Waals surface area contributed by atoms with Crippen LogP contribution in [0.25, 0.3) is 22.2 Å². The monoisotopic (exact) mass is 291 g/mol. The molecular weight excluding hydrogens is 284 g/mol. The first-order chi connectivity index (χ1) is 9.60. The van der Waals surface area contributed by atoms with Crippen molar-refractivity contribution < 1.29 is 13.6 Å². The molecule has 2 aromatic carbocycles. The second-order valence-corrected chi connectivity index (χ2v) is 4.78. The van der Waals surface area contributed by atoms with Gasteiger partial charge in [0.2, 0.25) is 0 Å². The van der Waals surface area contributed by atoms with E-state index in [1.807, 2.05) is 0 Å². The number of aldehydes is 1. The van der Waals surface area contributed by atoms with Gasteiger partial charge in [-0.25, -0.2) is 8.78 Å². The van der Waals surface area contributed by atoms with E-state index in [9.17, 15) is 13.6 Å². The van der Waals surface area contributed by atoms with Gasteiger partial charge in [-0.2, -0.15) is 0 Å². The lowest BCUT2D eigenvalue weighted by molar-refractivity contribution is 0.112. The molecule has 0 radical (unpaired) electrons. The fourth-order valence-electron chi connectivity index (χ4n) is 2.21. The van der Waals surface area contributed by atoms with Crippen molar-refractivity contribution in [3.05, 3.63) is 58.6 Å². The van der Waals surface area contributed by atoms with Gasteiger partial charge in [0.15, 0.2) is 6.29 Å². The molecular formula is C15H8ClF2NO. The van der Waals surface area contributed by atoms with Crippen LogP contribution in [0.3, 0.4) is 0 Å². The Morgan fingerprint density at radius 2 is 1.90 bits per heavy atom. The van der Waals surface area contributed by atoms with Gasteiger partial charge >= 0.3 is 0 Å². The number of halogens is 3. The molecule has 0 aliphatic heterocycles. The quantitative estimate of drug-likeness (QED) is 0.689. The summed E-state index contributed by atoms with van der Waals surface area (Å²) in [6.07, 6.45) is 0.606. The Hall–Kier alpha value is -2.20. The molecule has 0 amide bonds. The molecule has 20 heavy (non-hydrogen) atoms. The number of hydrogen-bond donors (Lipinski definition) is 1. The molecule has 0 fully saturated rings. The first kappa shape index (κ1) is 12.8. The molecule has 0 bridgehead atoms. The summed E-state index contributed by atoms with van der Waals surface area (Å²) in [5.41, 5.74) is 1.15. The molecule has 0 aliphatic carbocycles. The standard InChI is InChI=1S/C15H8ClF2NO/c16-8-1-4-14-10(5-8)12(7-20)15(19-14)11-6-9(17)2-3-13(11)18/h1-7,19H. The van der Waals surface area contributed by atoms with Crippen LogP contribution in [0, 0.1) is 11.6 Å². The third kappa shape index (κ3) is 1.98. The molecule has 0 saturated carbocycles. The van der Waals surface area contributed by atoms with E-state index in [-0.39, 0.29) is 16.8 Å². The molecule has 3 rings (SSSR count). The molecule has 100 valence electrons. The maximum absolute atomic E-state index is 13.9. The van der Waals surface area contributed by atoms with Crippen molar-refractivity contribution in [3.63, 3.8) is 0 Å². The van der Waals surface area contributed by atoms with Crippen molar-refractivity contribution in [1.82, 2.24) is 4.98 Å². The Kier molecular flexibility index (Phi) is 3.03. The highest BCUT2D eigenvalue weighted by molar-refractivity contribution is 6.31.